The van der Waals surface area contributed by atoms with Gasteiger partial charge in [0.05, 0.1) is 0 Å². The highest BCUT2D eigenvalue weighted by Crippen LogP contribution is 1.96. The summed E-state index contributed by atoms with van der Waals surface area (Å²) in [6.45, 7) is 1.45. The first-order valence-electron chi connectivity index (χ1n) is 2.75. The quantitative estimate of drug-likeness (QED) is 0.551. The second-order valence-corrected chi connectivity index (χ2v) is 2.78. The van der Waals surface area contributed by atoms with E-state index in [1.807, 2.05) is 0 Å². The lowest BCUT2D eigenvalue weighted by Crippen LogP contribution is -2.24. The minimum absolute atomic E-state index is 0.0222. The molecule has 0 saturated heterocycles. The first-order chi connectivity index (χ1) is 4.87. The standard InChI is InChI=1S/C4H8O6S/c1-2-3(5)4(6)10-11(7,8)9/h3,5H,2H2,1H3,(H,7,8,9). The molecule has 0 saturated carbocycles. The van der Waals surface area contributed by atoms with Gasteiger partial charge in [-0.25, -0.2) is 4.79 Å². The van der Waals surface area contributed by atoms with Crippen LogP contribution in [0.3, 0.4) is 0 Å². The first-order valence-corrected chi connectivity index (χ1v) is 4.12. The Morgan fingerprint density at radius 2 is 2.09 bits per heavy atom. The maximum absolute atomic E-state index is 10.4. The molecule has 0 spiro atoms. The molecule has 6 nitrogen and oxygen atoms in total. The van der Waals surface area contributed by atoms with E-state index >= 15 is 0 Å². The van der Waals surface area contributed by atoms with Gasteiger partial charge in [0.1, 0.15) is 0 Å². The summed E-state index contributed by atoms with van der Waals surface area (Å²) in [7, 11) is -4.79. The van der Waals surface area contributed by atoms with Crippen molar-refractivity contribution in [3.63, 3.8) is 0 Å². The van der Waals surface area contributed by atoms with E-state index in [1.165, 1.54) is 6.92 Å². The van der Waals surface area contributed by atoms with Crippen LogP contribution in [0.5, 0.6) is 0 Å². The minimum Gasteiger partial charge on any atom is -0.381 e. The zero-order valence-electron chi connectivity index (χ0n) is 5.72. The average Bonchev–Trinajstić information content (AvgIpc) is 1.82. The number of aliphatic hydroxyl groups is 1. The molecular weight excluding hydrogens is 176 g/mol. The lowest BCUT2D eigenvalue weighted by molar-refractivity contribution is -0.143. The van der Waals surface area contributed by atoms with Gasteiger partial charge in [-0.3, -0.25) is 4.55 Å². The molecule has 0 aromatic heterocycles. The van der Waals surface area contributed by atoms with E-state index in [1.54, 1.807) is 0 Å². The molecule has 0 heterocycles. The Hall–Kier alpha value is -0.660. The lowest BCUT2D eigenvalue weighted by atomic mass is 10.3. The van der Waals surface area contributed by atoms with Crippen molar-refractivity contribution in [1.82, 2.24) is 0 Å². The predicted molar refractivity (Wildman–Crippen MR) is 33.9 cm³/mol. The zero-order chi connectivity index (χ0) is 9.07. The third-order valence-electron chi connectivity index (χ3n) is 0.846. The molecule has 1 unspecified atom stereocenters. The van der Waals surface area contributed by atoms with Crippen molar-refractivity contribution in [2.24, 2.45) is 0 Å². The van der Waals surface area contributed by atoms with Crippen molar-refractivity contribution in [2.75, 3.05) is 0 Å². The largest absolute Gasteiger partial charge is 0.449 e. The summed E-state index contributed by atoms with van der Waals surface area (Å²) in [5, 5.41) is 8.64. The van der Waals surface area contributed by atoms with Gasteiger partial charge in [0, 0.05) is 0 Å². The molecule has 0 fully saturated rings. The van der Waals surface area contributed by atoms with Crippen LogP contribution in [-0.2, 0) is 19.4 Å². The van der Waals surface area contributed by atoms with Crippen LogP contribution in [0.25, 0.3) is 0 Å². The molecule has 0 bridgehead atoms. The molecular formula is C4H8O6S. The maximum Gasteiger partial charge on any atom is 0.449 e. The zero-order valence-corrected chi connectivity index (χ0v) is 6.54. The Kier molecular flexibility index (Phi) is 3.43. The highest BCUT2D eigenvalue weighted by molar-refractivity contribution is 7.81. The number of aliphatic hydroxyl groups excluding tert-OH is 1. The summed E-state index contributed by atoms with van der Waals surface area (Å²) in [4.78, 5) is 10.4. The van der Waals surface area contributed by atoms with Crippen molar-refractivity contribution < 1.29 is 27.1 Å². The van der Waals surface area contributed by atoms with E-state index in [-0.39, 0.29) is 6.42 Å². The second kappa shape index (κ2) is 3.65. The predicted octanol–water partition coefficient (Wildman–Crippen LogP) is -0.897. The van der Waals surface area contributed by atoms with E-state index in [2.05, 4.69) is 4.18 Å². The molecule has 0 aliphatic heterocycles. The minimum atomic E-state index is -4.79. The third-order valence-corrected chi connectivity index (χ3v) is 1.22. The molecule has 2 N–H and O–H groups in total. The Morgan fingerprint density at radius 3 is 2.36 bits per heavy atom. The molecule has 1 atom stereocenters. The summed E-state index contributed by atoms with van der Waals surface area (Å²) in [5.41, 5.74) is 0. The molecule has 66 valence electrons. The highest BCUT2D eigenvalue weighted by atomic mass is 32.3. The molecule has 0 amide bonds. The van der Waals surface area contributed by atoms with Crippen molar-refractivity contribution in [3.8, 4) is 0 Å². The summed E-state index contributed by atoms with van der Waals surface area (Å²) in [6.07, 6.45) is -1.49. The number of carbonyl (C=O) groups is 1. The van der Waals surface area contributed by atoms with Crippen LogP contribution >= 0.6 is 0 Å². The van der Waals surface area contributed by atoms with Crippen LogP contribution < -0.4 is 0 Å². The van der Waals surface area contributed by atoms with Crippen molar-refractivity contribution >= 4 is 16.4 Å². The highest BCUT2D eigenvalue weighted by Gasteiger charge is 2.20. The summed E-state index contributed by atoms with van der Waals surface area (Å²) in [5.74, 6) is -1.38. The van der Waals surface area contributed by atoms with Crippen molar-refractivity contribution in [1.29, 1.82) is 0 Å². The fourth-order valence-electron chi connectivity index (χ4n) is 0.326. The van der Waals surface area contributed by atoms with Gasteiger partial charge < -0.3 is 9.29 Å². The second-order valence-electron chi connectivity index (χ2n) is 1.75. The van der Waals surface area contributed by atoms with E-state index in [9.17, 15) is 13.2 Å². The third kappa shape index (κ3) is 4.71. The van der Waals surface area contributed by atoms with Crippen LogP contribution in [0.1, 0.15) is 13.3 Å². The van der Waals surface area contributed by atoms with Crippen LogP contribution in [0.15, 0.2) is 0 Å². The molecule has 0 aromatic rings. The molecule has 11 heavy (non-hydrogen) atoms. The van der Waals surface area contributed by atoms with Crippen LogP contribution in [0.2, 0.25) is 0 Å². The van der Waals surface area contributed by atoms with E-state index < -0.39 is 22.5 Å². The summed E-state index contributed by atoms with van der Waals surface area (Å²) in [6, 6.07) is 0. The fraction of sp³-hybridized carbons (Fsp3) is 0.750. The van der Waals surface area contributed by atoms with E-state index in [0.29, 0.717) is 0 Å². The van der Waals surface area contributed by atoms with Crippen molar-refractivity contribution in [3.05, 3.63) is 0 Å². The van der Waals surface area contributed by atoms with Crippen molar-refractivity contribution in [2.45, 2.75) is 19.4 Å². The van der Waals surface area contributed by atoms with Crippen LogP contribution in [-0.4, -0.2) is 30.2 Å². The Bertz CT molecular complexity index is 229. The molecule has 7 heteroatoms. The summed E-state index contributed by atoms with van der Waals surface area (Å²) >= 11 is 0. The maximum atomic E-state index is 10.4. The number of hydrogen-bond acceptors (Lipinski definition) is 5. The van der Waals surface area contributed by atoms with Crippen LogP contribution in [0, 0.1) is 0 Å². The Labute approximate surface area is 63.7 Å². The molecule has 0 aliphatic rings. The summed E-state index contributed by atoms with van der Waals surface area (Å²) < 4.78 is 31.1. The monoisotopic (exact) mass is 184 g/mol. The van der Waals surface area contributed by atoms with Gasteiger partial charge in [-0.15, -0.1) is 0 Å². The topological polar surface area (TPSA) is 101 Å². The Balaban J connectivity index is 4.10. The number of rotatable bonds is 3. The van der Waals surface area contributed by atoms with Gasteiger partial charge in [-0.1, -0.05) is 6.92 Å². The SMILES string of the molecule is CCC(O)C(=O)OS(=O)(=O)O. The number of hydrogen-bond donors (Lipinski definition) is 2. The van der Waals surface area contributed by atoms with E-state index in [0.717, 1.165) is 0 Å². The molecule has 0 rings (SSSR count). The molecule has 0 aromatic carbocycles. The lowest BCUT2D eigenvalue weighted by Gasteiger charge is -2.03. The molecule has 0 aliphatic carbocycles. The normalized spacial score (nSPS) is 14.1. The number of carbonyl (C=O) groups excluding carboxylic acids is 1. The van der Waals surface area contributed by atoms with Gasteiger partial charge in [-0.05, 0) is 6.42 Å². The average molecular weight is 184 g/mol. The van der Waals surface area contributed by atoms with Gasteiger partial charge in [0.2, 0.25) is 0 Å². The van der Waals surface area contributed by atoms with Gasteiger partial charge in [0.25, 0.3) is 0 Å². The molecule has 0 radical (unpaired) electrons. The van der Waals surface area contributed by atoms with Gasteiger partial charge >= 0.3 is 16.4 Å². The van der Waals surface area contributed by atoms with Crippen LogP contribution in [0.4, 0.5) is 0 Å². The van der Waals surface area contributed by atoms with E-state index in [4.69, 9.17) is 9.66 Å². The first kappa shape index (κ1) is 10.3. The van der Waals surface area contributed by atoms with Gasteiger partial charge in [-0.2, -0.15) is 8.42 Å². The van der Waals surface area contributed by atoms with Gasteiger partial charge in [0.15, 0.2) is 6.10 Å². The smallest absolute Gasteiger partial charge is 0.381 e. The fourth-order valence-corrected chi connectivity index (χ4v) is 0.645. The Morgan fingerprint density at radius 1 is 1.64 bits per heavy atom.